The molecule has 3 N–H and O–H groups in total. The lowest BCUT2D eigenvalue weighted by atomic mass is 10.0. The molecule has 1 saturated carbocycles. The van der Waals surface area contributed by atoms with Crippen molar-refractivity contribution >= 4 is 5.91 Å². The highest BCUT2D eigenvalue weighted by Crippen LogP contribution is 2.68. The van der Waals surface area contributed by atoms with Crippen molar-refractivity contribution in [2.75, 3.05) is 6.54 Å². The van der Waals surface area contributed by atoms with E-state index in [1.807, 2.05) is 6.92 Å². The van der Waals surface area contributed by atoms with E-state index >= 15 is 0 Å². The van der Waals surface area contributed by atoms with Crippen LogP contribution in [-0.2, 0) is 4.79 Å². The van der Waals surface area contributed by atoms with E-state index in [-0.39, 0.29) is 28.7 Å². The Hall–Kier alpha value is -0.570. The number of nitrogens with one attached hydrogen (secondary N) is 1. The monoisotopic (exact) mass is 226 g/mol. The van der Waals surface area contributed by atoms with Crippen molar-refractivity contribution in [3.8, 4) is 0 Å². The normalized spacial score (nSPS) is 23.9. The number of amides is 1. The Labute approximate surface area is 99.2 Å². The molecule has 1 amide bonds. The largest absolute Gasteiger partial charge is 0.356 e. The predicted molar refractivity (Wildman–Crippen MR) is 66.9 cm³/mol. The third-order valence-corrected chi connectivity index (χ3v) is 4.42. The zero-order valence-electron chi connectivity index (χ0n) is 11.3. The van der Waals surface area contributed by atoms with Gasteiger partial charge in [0.1, 0.15) is 0 Å². The van der Waals surface area contributed by atoms with E-state index in [0.29, 0.717) is 0 Å². The second-order valence-electron chi connectivity index (χ2n) is 6.29. The number of hydrogen-bond acceptors (Lipinski definition) is 2. The second kappa shape index (κ2) is 4.36. The van der Waals surface area contributed by atoms with Gasteiger partial charge in [0.25, 0.3) is 0 Å². The molecule has 1 aliphatic carbocycles. The Balaban J connectivity index is 2.28. The summed E-state index contributed by atoms with van der Waals surface area (Å²) >= 11 is 0. The van der Waals surface area contributed by atoms with Gasteiger partial charge in [0, 0.05) is 18.5 Å². The van der Waals surface area contributed by atoms with Crippen molar-refractivity contribution < 1.29 is 4.79 Å². The number of rotatable bonds is 5. The average molecular weight is 226 g/mol. The second-order valence-corrected chi connectivity index (χ2v) is 6.29. The minimum Gasteiger partial charge on any atom is -0.356 e. The summed E-state index contributed by atoms with van der Waals surface area (Å²) in [6.45, 7) is 11.4. The summed E-state index contributed by atoms with van der Waals surface area (Å²) in [5.41, 5.74) is 5.93. The molecule has 3 heteroatoms. The van der Waals surface area contributed by atoms with Gasteiger partial charge in [-0.15, -0.1) is 0 Å². The van der Waals surface area contributed by atoms with Gasteiger partial charge in [-0.3, -0.25) is 4.79 Å². The molecule has 0 radical (unpaired) electrons. The lowest BCUT2D eigenvalue weighted by Crippen LogP contribution is -2.29. The molecular formula is C13H26N2O. The van der Waals surface area contributed by atoms with Gasteiger partial charge in [-0.1, -0.05) is 27.7 Å². The third-order valence-electron chi connectivity index (χ3n) is 4.42. The minimum absolute atomic E-state index is 0.137. The lowest BCUT2D eigenvalue weighted by molar-refractivity contribution is -0.123. The van der Waals surface area contributed by atoms with Crippen molar-refractivity contribution in [2.24, 2.45) is 22.5 Å². The first-order valence-electron chi connectivity index (χ1n) is 6.24. The molecule has 16 heavy (non-hydrogen) atoms. The summed E-state index contributed by atoms with van der Waals surface area (Å²) in [5.74, 6) is 0.370. The highest BCUT2D eigenvalue weighted by molar-refractivity contribution is 5.84. The van der Waals surface area contributed by atoms with Crippen LogP contribution >= 0.6 is 0 Å². The van der Waals surface area contributed by atoms with Gasteiger partial charge < -0.3 is 11.1 Å². The van der Waals surface area contributed by atoms with Crippen molar-refractivity contribution in [3.63, 3.8) is 0 Å². The Morgan fingerprint density at radius 2 is 1.81 bits per heavy atom. The maximum absolute atomic E-state index is 11.9. The Kier molecular flexibility index (Phi) is 3.68. The van der Waals surface area contributed by atoms with Gasteiger partial charge in [0.15, 0.2) is 0 Å². The van der Waals surface area contributed by atoms with Crippen LogP contribution in [0.5, 0.6) is 0 Å². The highest BCUT2D eigenvalue weighted by Gasteiger charge is 2.68. The van der Waals surface area contributed by atoms with Crippen LogP contribution in [0.25, 0.3) is 0 Å². The van der Waals surface area contributed by atoms with Gasteiger partial charge in [0.2, 0.25) is 5.91 Å². The molecule has 0 aromatic heterocycles. The predicted octanol–water partition coefficient (Wildman–Crippen LogP) is 1.91. The average Bonchev–Trinajstić information content (AvgIpc) is 2.51. The Morgan fingerprint density at radius 3 is 2.19 bits per heavy atom. The molecule has 0 spiro atoms. The Bertz CT molecular complexity index is 255. The van der Waals surface area contributed by atoms with Gasteiger partial charge in [0.05, 0.1) is 0 Å². The van der Waals surface area contributed by atoms with Crippen LogP contribution in [0.1, 0.15) is 47.5 Å². The van der Waals surface area contributed by atoms with E-state index in [1.54, 1.807) is 0 Å². The van der Waals surface area contributed by atoms with Crippen molar-refractivity contribution in [2.45, 2.75) is 53.5 Å². The first-order chi connectivity index (χ1) is 7.21. The molecule has 3 nitrogen and oxygen atoms in total. The van der Waals surface area contributed by atoms with E-state index in [4.69, 9.17) is 5.73 Å². The fraction of sp³-hybridized carbons (Fsp3) is 0.923. The van der Waals surface area contributed by atoms with E-state index < -0.39 is 0 Å². The smallest absolute Gasteiger partial charge is 0.224 e. The SMILES string of the molecule is CC(N)CCCNC(=O)C1C(C)(C)C1(C)C. The first-order valence-corrected chi connectivity index (χ1v) is 6.24. The van der Waals surface area contributed by atoms with Crippen LogP contribution in [-0.4, -0.2) is 18.5 Å². The molecule has 1 rings (SSSR count). The quantitative estimate of drug-likeness (QED) is 0.704. The molecule has 1 aliphatic rings. The van der Waals surface area contributed by atoms with E-state index in [1.165, 1.54) is 0 Å². The zero-order chi connectivity index (χ0) is 12.6. The minimum atomic E-state index is 0.137. The van der Waals surface area contributed by atoms with E-state index in [0.717, 1.165) is 19.4 Å². The number of hydrogen-bond donors (Lipinski definition) is 2. The van der Waals surface area contributed by atoms with Gasteiger partial charge in [-0.2, -0.15) is 0 Å². The van der Waals surface area contributed by atoms with Crippen LogP contribution in [0.15, 0.2) is 0 Å². The summed E-state index contributed by atoms with van der Waals surface area (Å²) in [4.78, 5) is 11.9. The van der Waals surface area contributed by atoms with Crippen molar-refractivity contribution in [3.05, 3.63) is 0 Å². The molecule has 0 aromatic carbocycles. The number of nitrogens with two attached hydrogens (primary N) is 1. The van der Waals surface area contributed by atoms with Crippen LogP contribution in [0.4, 0.5) is 0 Å². The molecule has 1 unspecified atom stereocenters. The zero-order valence-corrected chi connectivity index (χ0v) is 11.3. The summed E-state index contributed by atoms with van der Waals surface area (Å²) in [6.07, 6.45) is 1.94. The molecule has 0 aromatic rings. The van der Waals surface area contributed by atoms with Crippen LogP contribution < -0.4 is 11.1 Å². The molecular weight excluding hydrogens is 200 g/mol. The van der Waals surface area contributed by atoms with Crippen LogP contribution in [0.2, 0.25) is 0 Å². The summed E-state index contributed by atoms with van der Waals surface area (Å²) in [7, 11) is 0. The topological polar surface area (TPSA) is 55.1 Å². The highest BCUT2D eigenvalue weighted by atomic mass is 16.2. The van der Waals surface area contributed by atoms with Gasteiger partial charge in [-0.25, -0.2) is 0 Å². The summed E-state index contributed by atoms with van der Waals surface area (Å²) < 4.78 is 0. The molecule has 94 valence electrons. The maximum Gasteiger partial charge on any atom is 0.224 e. The first kappa shape index (κ1) is 13.5. The fourth-order valence-electron chi connectivity index (χ4n) is 2.59. The summed E-state index contributed by atoms with van der Waals surface area (Å²) in [5, 5.41) is 3.02. The summed E-state index contributed by atoms with van der Waals surface area (Å²) in [6, 6.07) is 0.228. The molecule has 0 aliphatic heterocycles. The van der Waals surface area contributed by atoms with Crippen LogP contribution in [0.3, 0.4) is 0 Å². The molecule has 1 fully saturated rings. The lowest BCUT2D eigenvalue weighted by Gasteiger charge is -2.07. The maximum atomic E-state index is 11.9. The molecule has 1 atom stereocenters. The van der Waals surface area contributed by atoms with Crippen molar-refractivity contribution in [1.29, 1.82) is 0 Å². The molecule has 0 heterocycles. The van der Waals surface area contributed by atoms with Gasteiger partial charge >= 0.3 is 0 Å². The van der Waals surface area contributed by atoms with Gasteiger partial charge in [-0.05, 0) is 30.6 Å². The Morgan fingerprint density at radius 1 is 1.31 bits per heavy atom. The van der Waals surface area contributed by atoms with E-state index in [9.17, 15) is 4.79 Å². The number of carbonyl (C=O) groups excluding carboxylic acids is 1. The fourth-order valence-corrected chi connectivity index (χ4v) is 2.59. The third kappa shape index (κ3) is 2.40. The number of carbonyl (C=O) groups is 1. The standard InChI is InChI=1S/C13H26N2O/c1-9(14)7-6-8-15-11(16)10-12(2,3)13(10,4)5/h9-10H,6-8,14H2,1-5H3,(H,15,16). The van der Waals surface area contributed by atoms with Crippen LogP contribution in [0, 0.1) is 16.7 Å². The molecule has 0 saturated heterocycles. The molecule has 0 bridgehead atoms. The van der Waals surface area contributed by atoms with Crippen molar-refractivity contribution in [1.82, 2.24) is 5.32 Å². The van der Waals surface area contributed by atoms with E-state index in [2.05, 4.69) is 33.0 Å².